The molecule has 1 fully saturated rings. The van der Waals surface area contributed by atoms with Crippen LogP contribution >= 0.6 is 15.9 Å². The Morgan fingerprint density at radius 2 is 1.90 bits per heavy atom. The van der Waals surface area contributed by atoms with Gasteiger partial charge in [0.25, 0.3) is 0 Å². The van der Waals surface area contributed by atoms with E-state index in [9.17, 15) is 0 Å². The van der Waals surface area contributed by atoms with Crippen molar-refractivity contribution in [2.24, 2.45) is 17.1 Å². The summed E-state index contributed by atoms with van der Waals surface area (Å²) in [6.07, 6.45) is 5.73. The number of fused-ring (bicyclic) bond motifs is 1. The summed E-state index contributed by atoms with van der Waals surface area (Å²) in [5.74, 6) is 1.79. The van der Waals surface area contributed by atoms with Crippen molar-refractivity contribution < 1.29 is 4.74 Å². The number of hydrogen-bond donors (Lipinski definition) is 1. The van der Waals surface area contributed by atoms with E-state index >= 15 is 0 Å². The SMILES string of the molecule is CC(C)(C)C1CCC2(CC1)CC(N)c1cc(Br)ccc1O2. The topological polar surface area (TPSA) is 35.2 Å². The van der Waals surface area contributed by atoms with Gasteiger partial charge in [0.2, 0.25) is 0 Å². The smallest absolute Gasteiger partial charge is 0.124 e. The molecule has 0 bridgehead atoms. The van der Waals surface area contributed by atoms with E-state index in [1.165, 1.54) is 12.8 Å². The Morgan fingerprint density at radius 3 is 2.52 bits per heavy atom. The molecule has 0 saturated heterocycles. The van der Waals surface area contributed by atoms with Crippen molar-refractivity contribution in [1.82, 2.24) is 0 Å². The Morgan fingerprint density at radius 1 is 1.24 bits per heavy atom. The standard InChI is InChI=1S/C18H26BrNO/c1-17(2,3)12-6-8-18(9-7-12)11-15(20)14-10-13(19)4-5-16(14)21-18/h4-5,10,12,15H,6-9,11,20H2,1-3H3. The maximum Gasteiger partial charge on any atom is 0.124 e. The third-order valence-corrected chi connectivity index (χ3v) is 5.90. The van der Waals surface area contributed by atoms with E-state index in [-0.39, 0.29) is 11.6 Å². The molecule has 1 spiro atoms. The molecule has 116 valence electrons. The van der Waals surface area contributed by atoms with Crippen molar-refractivity contribution in [2.75, 3.05) is 0 Å². The van der Waals surface area contributed by atoms with Gasteiger partial charge in [-0.05, 0) is 55.2 Å². The lowest BCUT2D eigenvalue weighted by Gasteiger charge is -2.47. The minimum absolute atomic E-state index is 0.0258. The van der Waals surface area contributed by atoms with E-state index in [0.717, 1.165) is 41.0 Å². The molecule has 0 aromatic heterocycles. The van der Waals surface area contributed by atoms with Crippen molar-refractivity contribution in [1.29, 1.82) is 0 Å². The molecule has 1 unspecified atom stereocenters. The highest BCUT2D eigenvalue weighted by atomic mass is 79.9. The van der Waals surface area contributed by atoms with Gasteiger partial charge in [-0.2, -0.15) is 0 Å². The van der Waals surface area contributed by atoms with Crippen molar-refractivity contribution in [3.05, 3.63) is 28.2 Å². The van der Waals surface area contributed by atoms with Gasteiger partial charge in [-0.25, -0.2) is 0 Å². The second-order valence-electron chi connectivity index (χ2n) is 7.92. The predicted octanol–water partition coefficient (Wildman–Crippen LogP) is 5.21. The van der Waals surface area contributed by atoms with Crippen LogP contribution in [-0.4, -0.2) is 5.60 Å². The Kier molecular flexibility index (Phi) is 3.86. The normalized spacial score (nSPS) is 32.6. The van der Waals surface area contributed by atoms with Crippen molar-refractivity contribution in [3.8, 4) is 5.75 Å². The monoisotopic (exact) mass is 351 g/mol. The van der Waals surface area contributed by atoms with Crippen molar-refractivity contribution in [2.45, 2.75) is 64.5 Å². The molecule has 1 aliphatic carbocycles. The van der Waals surface area contributed by atoms with Gasteiger partial charge >= 0.3 is 0 Å². The van der Waals surface area contributed by atoms with Gasteiger partial charge in [0.1, 0.15) is 11.4 Å². The zero-order valence-corrected chi connectivity index (χ0v) is 14.9. The fourth-order valence-corrected chi connectivity index (χ4v) is 4.38. The van der Waals surface area contributed by atoms with Gasteiger partial charge in [-0.3, -0.25) is 0 Å². The van der Waals surface area contributed by atoms with Gasteiger partial charge < -0.3 is 10.5 Å². The highest BCUT2D eigenvalue weighted by Gasteiger charge is 2.44. The van der Waals surface area contributed by atoms with E-state index in [2.05, 4.69) is 48.8 Å². The highest BCUT2D eigenvalue weighted by molar-refractivity contribution is 9.10. The van der Waals surface area contributed by atoms with E-state index in [4.69, 9.17) is 10.5 Å². The lowest BCUT2D eigenvalue weighted by molar-refractivity contribution is -0.0254. The highest BCUT2D eigenvalue weighted by Crippen LogP contribution is 2.49. The Hall–Kier alpha value is -0.540. The molecular weight excluding hydrogens is 326 g/mol. The van der Waals surface area contributed by atoms with E-state index in [0.29, 0.717) is 5.41 Å². The summed E-state index contributed by atoms with van der Waals surface area (Å²) in [5.41, 5.74) is 7.96. The first-order chi connectivity index (χ1) is 9.79. The molecule has 3 rings (SSSR count). The Labute approximate surface area is 136 Å². The van der Waals surface area contributed by atoms with Crippen LogP contribution in [0.3, 0.4) is 0 Å². The molecule has 1 aromatic carbocycles. The molecule has 0 radical (unpaired) electrons. The van der Waals surface area contributed by atoms with Crippen LogP contribution in [0.2, 0.25) is 0 Å². The van der Waals surface area contributed by atoms with Gasteiger partial charge in [0.05, 0.1) is 0 Å². The maximum atomic E-state index is 6.45. The number of ether oxygens (including phenoxy) is 1. The molecule has 1 atom stereocenters. The third-order valence-electron chi connectivity index (χ3n) is 5.41. The molecule has 2 nitrogen and oxygen atoms in total. The summed E-state index contributed by atoms with van der Waals surface area (Å²) < 4.78 is 7.52. The van der Waals surface area contributed by atoms with E-state index in [1.807, 2.05) is 6.07 Å². The van der Waals surface area contributed by atoms with Gasteiger partial charge in [0.15, 0.2) is 0 Å². The zero-order valence-electron chi connectivity index (χ0n) is 13.3. The summed E-state index contributed by atoms with van der Waals surface area (Å²) >= 11 is 3.52. The van der Waals surface area contributed by atoms with Crippen molar-refractivity contribution in [3.63, 3.8) is 0 Å². The lowest BCUT2D eigenvalue weighted by Crippen LogP contribution is -2.46. The predicted molar refractivity (Wildman–Crippen MR) is 90.5 cm³/mol. The second-order valence-corrected chi connectivity index (χ2v) is 8.83. The number of rotatable bonds is 0. The quantitative estimate of drug-likeness (QED) is 0.696. The maximum absolute atomic E-state index is 6.45. The summed E-state index contributed by atoms with van der Waals surface area (Å²) in [7, 11) is 0. The van der Waals surface area contributed by atoms with Crippen LogP contribution in [0.1, 0.15) is 64.5 Å². The Balaban J connectivity index is 1.79. The molecule has 1 aliphatic heterocycles. The van der Waals surface area contributed by atoms with Gasteiger partial charge in [-0.15, -0.1) is 0 Å². The van der Waals surface area contributed by atoms with Crippen LogP contribution in [0.4, 0.5) is 0 Å². The van der Waals surface area contributed by atoms with E-state index in [1.54, 1.807) is 0 Å². The molecule has 0 amide bonds. The molecule has 3 heteroatoms. The average Bonchev–Trinajstić information content (AvgIpc) is 2.39. The molecule has 2 aliphatic rings. The largest absolute Gasteiger partial charge is 0.487 e. The molecule has 21 heavy (non-hydrogen) atoms. The van der Waals surface area contributed by atoms with Crippen LogP contribution in [-0.2, 0) is 0 Å². The van der Waals surface area contributed by atoms with Gasteiger partial charge in [-0.1, -0.05) is 36.7 Å². The third kappa shape index (κ3) is 3.00. The summed E-state index contributed by atoms with van der Waals surface area (Å²) in [6.45, 7) is 7.07. The molecule has 1 aromatic rings. The second kappa shape index (κ2) is 5.27. The Bertz CT molecular complexity index is 527. The first kappa shape index (κ1) is 15.4. The van der Waals surface area contributed by atoms with Crippen LogP contribution in [0, 0.1) is 11.3 Å². The minimum atomic E-state index is -0.0258. The fraction of sp³-hybridized carbons (Fsp3) is 0.667. The van der Waals surface area contributed by atoms with Crippen LogP contribution in [0.15, 0.2) is 22.7 Å². The molecule has 2 N–H and O–H groups in total. The van der Waals surface area contributed by atoms with E-state index < -0.39 is 0 Å². The number of hydrogen-bond acceptors (Lipinski definition) is 2. The number of nitrogens with two attached hydrogens (primary N) is 1. The molecular formula is C18H26BrNO. The summed E-state index contributed by atoms with van der Waals surface area (Å²) in [4.78, 5) is 0. The van der Waals surface area contributed by atoms with Crippen LogP contribution in [0.25, 0.3) is 0 Å². The summed E-state index contributed by atoms with van der Waals surface area (Å²) in [5, 5.41) is 0. The molecule has 1 saturated carbocycles. The van der Waals surface area contributed by atoms with Gasteiger partial charge in [0, 0.05) is 22.5 Å². The lowest BCUT2D eigenvalue weighted by atomic mass is 9.66. The first-order valence-electron chi connectivity index (χ1n) is 8.03. The fourth-order valence-electron chi connectivity index (χ4n) is 4.00. The summed E-state index contributed by atoms with van der Waals surface area (Å²) in [6, 6.07) is 6.31. The molecule has 1 heterocycles. The van der Waals surface area contributed by atoms with Crippen LogP contribution in [0.5, 0.6) is 5.75 Å². The first-order valence-corrected chi connectivity index (χ1v) is 8.82. The zero-order chi connectivity index (χ0) is 15.3. The average molecular weight is 352 g/mol. The number of halogens is 1. The minimum Gasteiger partial charge on any atom is -0.487 e. The van der Waals surface area contributed by atoms with Crippen LogP contribution < -0.4 is 10.5 Å². The van der Waals surface area contributed by atoms with Crippen molar-refractivity contribution >= 4 is 15.9 Å². The number of benzene rings is 1.